The minimum absolute atomic E-state index is 0.491. The molecule has 1 N–H and O–H groups in total. The van der Waals surface area contributed by atoms with Crippen LogP contribution in [0.2, 0.25) is 0 Å². The van der Waals surface area contributed by atoms with E-state index >= 15 is 0 Å². The molecule has 5 heteroatoms. The van der Waals surface area contributed by atoms with Gasteiger partial charge in [0, 0.05) is 12.4 Å². The highest BCUT2D eigenvalue weighted by Gasteiger charge is 2.19. The Morgan fingerprint density at radius 3 is 2.76 bits per heavy atom. The first-order valence-electron chi connectivity index (χ1n) is 5.15. The number of aliphatic hydroxyl groups is 1. The lowest BCUT2D eigenvalue weighted by Gasteiger charge is -2.13. The van der Waals surface area contributed by atoms with Gasteiger partial charge in [-0.25, -0.2) is 4.68 Å². The van der Waals surface area contributed by atoms with Crippen LogP contribution in [0, 0.1) is 11.3 Å². The van der Waals surface area contributed by atoms with Crippen LogP contribution < -0.4 is 0 Å². The molecule has 0 aromatic carbocycles. The summed E-state index contributed by atoms with van der Waals surface area (Å²) in [5.41, 5.74) is 0.640. The molecule has 2 rings (SSSR count). The molecule has 0 saturated heterocycles. The number of hydrogen-bond donors (Lipinski definition) is 1. The van der Waals surface area contributed by atoms with Gasteiger partial charge in [-0.2, -0.15) is 10.4 Å². The first-order chi connectivity index (χ1) is 8.02. The van der Waals surface area contributed by atoms with Gasteiger partial charge in [-0.15, -0.1) is 0 Å². The first kappa shape index (κ1) is 11.3. The van der Waals surface area contributed by atoms with Crippen LogP contribution in [0.15, 0.2) is 30.7 Å². The molecule has 2 aromatic rings. The highest BCUT2D eigenvalue weighted by atomic mass is 16.3. The molecule has 2 aromatic heterocycles. The Morgan fingerprint density at radius 1 is 1.41 bits per heavy atom. The number of nitriles is 1. The lowest BCUT2D eigenvalue weighted by molar-refractivity contribution is 0.0734. The van der Waals surface area contributed by atoms with Crippen molar-refractivity contribution in [1.82, 2.24) is 14.8 Å². The molecule has 0 atom stereocenters. The molecule has 86 valence electrons. The lowest BCUT2D eigenvalue weighted by atomic mass is 10.1. The zero-order valence-corrected chi connectivity index (χ0v) is 9.62. The van der Waals surface area contributed by atoms with Crippen molar-refractivity contribution in [2.75, 3.05) is 0 Å². The molecule has 0 radical (unpaired) electrons. The summed E-state index contributed by atoms with van der Waals surface area (Å²) >= 11 is 0. The van der Waals surface area contributed by atoms with Crippen LogP contribution >= 0.6 is 0 Å². The van der Waals surface area contributed by atoms with Gasteiger partial charge < -0.3 is 5.11 Å². The van der Waals surface area contributed by atoms with E-state index in [9.17, 15) is 5.11 Å². The summed E-state index contributed by atoms with van der Waals surface area (Å²) in [7, 11) is 0. The van der Waals surface area contributed by atoms with Crippen LogP contribution in [0.5, 0.6) is 0 Å². The minimum atomic E-state index is -1.000. The highest BCUT2D eigenvalue weighted by molar-refractivity contribution is 5.46. The van der Waals surface area contributed by atoms with Crippen LogP contribution in [0.1, 0.15) is 25.1 Å². The average Bonchev–Trinajstić information content (AvgIpc) is 2.77. The summed E-state index contributed by atoms with van der Waals surface area (Å²) in [5, 5.41) is 23.0. The van der Waals surface area contributed by atoms with Crippen LogP contribution in [0.3, 0.4) is 0 Å². The fourth-order valence-corrected chi connectivity index (χ4v) is 1.45. The van der Waals surface area contributed by atoms with Gasteiger partial charge in [0.15, 0.2) is 0 Å². The lowest BCUT2D eigenvalue weighted by Crippen LogP contribution is -2.16. The highest BCUT2D eigenvalue weighted by Crippen LogP contribution is 2.19. The van der Waals surface area contributed by atoms with Crippen molar-refractivity contribution < 1.29 is 5.11 Å². The van der Waals surface area contributed by atoms with E-state index in [2.05, 4.69) is 16.2 Å². The van der Waals surface area contributed by atoms with E-state index in [1.807, 2.05) is 0 Å². The summed E-state index contributed by atoms with van der Waals surface area (Å²) in [6, 6.07) is 5.42. The fourth-order valence-electron chi connectivity index (χ4n) is 1.45. The van der Waals surface area contributed by atoms with Gasteiger partial charge in [-0.3, -0.25) is 4.98 Å². The normalized spacial score (nSPS) is 11.2. The van der Waals surface area contributed by atoms with Gasteiger partial charge in [0.2, 0.25) is 0 Å². The quantitative estimate of drug-likeness (QED) is 0.842. The summed E-state index contributed by atoms with van der Waals surface area (Å²) in [5.74, 6) is 0. The van der Waals surface area contributed by atoms with Gasteiger partial charge in [0.25, 0.3) is 0 Å². The van der Waals surface area contributed by atoms with Gasteiger partial charge in [-0.05, 0) is 26.0 Å². The zero-order valence-electron chi connectivity index (χ0n) is 9.62. The van der Waals surface area contributed by atoms with E-state index in [4.69, 9.17) is 5.26 Å². The van der Waals surface area contributed by atoms with Gasteiger partial charge >= 0.3 is 0 Å². The van der Waals surface area contributed by atoms with Gasteiger partial charge in [0.05, 0.1) is 17.5 Å². The maximum Gasteiger partial charge on any atom is 0.103 e. The zero-order chi connectivity index (χ0) is 12.5. The van der Waals surface area contributed by atoms with Crippen molar-refractivity contribution in [3.8, 4) is 11.8 Å². The third-order valence-corrected chi connectivity index (χ3v) is 2.38. The number of pyridine rings is 1. The molecular weight excluding hydrogens is 216 g/mol. The number of rotatable bonds is 2. The third-order valence-electron chi connectivity index (χ3n) is 2.38. The molecule has 0 amide bonds. The molecule has 0 fully saturated rings. The Balaban J connectivity index is 2.49. The summed E-state index contributed by atoms with van der Waals surface area (Å²) in [4.78, 5) is 3.97. The average molecular weight is 228 g/mol. The molecule has 2 heterocycles. The summed E-state index contributed by atoms with van der Waals surface area (Å²) < 4.78 is 1.54. The Hall–Kier alpha value is -2.19. The maximum atomic E-state index is 9.82. The summed E-state index contributed by atoms with van der Waals surface area (Å²) in [6.07, 6.45) is 4.83. The predicted octanol–water partition coefficient (Wildman–Crippen LogP) is 1.37. The largest absolute Gasteiger partial charge is 0.384 e. The second-order valence-corrected chi connectivity index (χ2v) is 4.21. The van der Waals surface area contributed by atoms with E-state index < -0.39 is 5.60 Å². The van der Waals surface area contributed by atoms with Crippen molar-refractivity contribution >= 4 is 0 Å². The molecule has 0 aliphatic rings. The predicted molar refractivity (Wildman–Crippen MR) is 61.3 cm³/mol. The van der Waals surface area contributed by atoms with Crippen molar-refractivity contribution in [1.29, 1.82) is 5.26 Å². The van der Waals surface area contributed by atoms with Gasteiger partial charge in [-0.1, -0.05) is 0 Å². The van der Waals surface area contributed by atoms with E-state index in [1.54, 1.807) is 49.3 Å². The van der Waals surface area contributed by atoms with E-state index in [-0.39, 0.29) is 0 Å². The number of hydrogen-bond acceptors (Lipinski definition) is 4. The molecule has 5 nitrogen and oxygen atoms in total. The molecule has 17 heavy (non-hydrogen) atoms. The Kier molecular flexibility index (Phi) is 2.66. The van der Waals surface area contributed by atoms with Crippen LogP contribution in [-0.4, -0.2) is 19.9 Å². The van der Waals surface area contributed by atoms with Gasteiger partial charge in [0.1, 0.15) is 17.4 Å². The van der Waals surface area contributed by atoms with Crippen molar-refractivity contribution in [2.24, 2.45) is 0 Å². The second-order valence-electron chi connectivity index (χ2n) is 4.21. The van der Waals surface area contributed by atoms with Crippen molar-refractivity contribution in [3.05, 3.63) is 42.0 Å². The Bertz CT molecular complexity index is 575. The Morgan fingerprint density at radius 2 is 2.18 bits per heavy atom. The van der Waals surface area contributed by atoms with Crippen molar-refractivity contribution in [2.45, 2.75) is 19.4 Å². The standard InChI is InChI=1S/C12H12N4O/c1-12(2,17)11-4-6-16(15-11)10-8-14-5-3-9(10)7-13/h3-6,8,17H,1-2H3. The smallest absolute Gasteiger partial charge is 0.103 e. The maximum absolute atomic E-state index is 9.82. The molecule has 0 aliphatic carbocycles. The van der Waals surface area contributed by atoms with E-state index in [0.29, 0.717) is 16.9 Å². The SMILES string of the molecule is CC(C)(O)c1ccn(-c2cnccc2C#N)n1. The molecular formula is C12H12N4O. The second kappa shape index (κ2) is 4.00. The monoisotopic (exact) mass is 228 g/mol. The molecule has 0 aliphatic heterocycles. The minimum Gasteiger partial charge on any atom is -0.384 e. The van der Waals surface area contributed by atoms with Crippen LogP contribution in [-0.2, 0) is 5.60 Å². The number of aromatic nitrogens is 3. The third kappa shape index (κ3) is 2.17. The topological polar surface area (TPSA) is 74.7 Å². The van der Waals surface area contributed by atoms with Crippen molar-refractivity contribution in [3.63, 3.8) is 0 Å². The first-order valence-corrected chi connectivity index (χ1v) is 5.15. The Labute approximate surface area is 99.0 Å². The number of nitrogens with zero attached hydrogens (tertiary/aromatic N) is 4. The molecule has 0 unspecified atom stereocenters. The van der Waals surface area contributed by atoms with Crippen LogP contribution in [0.25, 0.3) is 5.69 Å². The molecule has 0 saturated carbocycles. The van der Waals surface area contributed by atoms with Crippen LogP contribution in [0.4, 0.5) is 0 Å². The molecule has 0 bridgehead atoms. The molecule has 0 spiro atoms. The van der Waals surface area contributed by atoms with E-state index in [1.165, 1.54) is 0 Å². The van der Waals surface area contributed by atoms with E-state index in [0.717, 1.165) is 0 Å². The summed E-state index contributed by atoms with van der Waals surface area (Å²) in [6.45, 7) is 3.32. The fraction of sp³-hybridized carbons (Fsp3) is 0.250.